The first-order valence-electron chi connectivity index (χ1n) is 5.20. The van der Waals surface area contributed by atoms with E-state index in [4.69, 9.17) is 5.73 Å². The van der Waals surface area contributed by atoms with Crippen LogP contribution in [0.3, 0.4) is 0 Å². The molecule has 0 aliphatic heterocycles. The zero-order valence-electron chi connectivity index (χ0n) is 9.61. The van der Waals surface area contributed by atoms with Crippen molar-refractivity contribution >= 4 is 5.91 Å². The van der Waals surface area contributed by atoms with E-state index >= 15 is 0 Å². The molecule has 0 unspecified atom stereocenters. The maximum Gasteiger partial charge on any atom is 0.226 e. The number of carbonyl (C=O) groups excluding carboxylic acids is 1. The van der Waals surface area contributed by atoms with E-state index in [1.807, 2.05) is 0 Å². The van der Waals surface area contributed by atoms with Crippen LogP contribution in [0.5, 0.6) is 0 Å². The van der Waals surface area contributed by atoms with Crippen molar-refractivity contribution in [2.75, 3.05) is 20.6 Å². The fraction of sp³-hybridized carbons (Fsp3) is 0.417. The van der Waals surface area contributed by atoms with Crippen molar-refractivity contribution in [3.63, 3.8) is 0 Å². The second-order valence-corrected chi connectivity index (χ2v) is 4.00. The highest BCUT2D eigenvalue weighted by Crippen LogP contribution is 2.11. The predicted octanol–water partition coefficient (Wildman–Crippen LogP) is 1.03. The van der Waals surface area contributed by atoms with Gasteiger partial charge in [-0.15, -0.1) is 0 Å². The fourth-order valence-electron chi connectivity index (χ4n) is 1.54. The van der Waals surface area contributed by atoms with Crippen LogP contribution in [-0.4, -0.2) is 31.4 Å². The molecule has 0 heterocycles. The normalized spacial score (nSPS) is 12.2. The molecule has 2 N–H and O–H groups in total. The Labute approximate surface area is 95.0 Å². The van der Waals surface area contributed by atoms with E-state index in [9.17, 15) is 9.18 Å². The summed E-state index contributed by atoms with van der Waals surface area (Å²) in [6, 6.07) is 6.15. The first-order chi connectivity index (χ1) is 7.54. The summed E-state index contributed by atoms with van der Waals surface area (Å²) in [6.07, 6.45) is 0.549. The van der Waals surface area contributed by atoms with Crippen molar-refractivity contribution in [1.29, 1.82) is 0 Å². The largest absolute Gasteiger partial charge is 0.349 e. The van der Waals surface area contributed by atoms with Crippen LogP contribution >= 0.6 is 0 Å². The van der Waals surface area contributed by atoms with Crippen LogP contribution in [0.2, 0.25) is 0 Å². The molecule has 0 aliphatic rings. The number of nitrogens with two attached hydrogens (primary N) is 1. The van der Waals surface area contributed by atoms with Gasteiger partial charge >= 0.3 is 0 Å². The zero-order chi connectivity index (χ0) is 12.1. The summed E-state index contributed by atoms with van der Waals surface area (Å²) in [5.74, 6) is -0.501. The van der Waals surface area contributed by atoms with Crippen LogP contribution in [0.1, 0.15) is 5.56 Å². The molecule has 1 atom stereocenters. The third kappa shape index (κ3) is 3.31. The number of halogens is 1. The van der Waals surface area contributed by atoms with Crippen molar-refractivity contribution in [2.24, 2.45) is 11.7 Å². The third-order valence-corrected chi connectivity index (χ3v) is 2.47. The molecule has 0 bridgehead atoms. The highest BCUT2D eigenvalue weighted by Gasteiger charge is 2.18. The van der Waals surface area contributed by atoms with Gasteiger partial charge in [-0.25, -0.2) is 4.39 Å². The number of rotatable bonds is 4. The lowest BCUT2D eigenvalue weighted by Crippen LogP contribution is -2.35. The summed E-state index contributed by atoms with van der Waals surface area (Å²) in [5, 5.41) is 0. The van der Waals surface area contributed by atoms with Crippen molar-refractivity contribution < 1.29 is 9.18 Å². The molecular formula is C12H17FN2O. The number of hydrogen-bond acceptors (Lipinski definition) is 2. The van der Waals surface area contributed by atoms with Gasteiger partial charge in [0.1, 0.15) is 5.82 Å². The Morgan fingerprint density at radius 3 is 2.38 bits per heavy atom. The summed E-state index contributed by atoms with van der Waals surface area (Å²) >= 11 is 0. The number of nitrogens with zero attached hydrogens (tertiary/aromatic N) is 1. The van der Waals surface area contributed by atoms with Crippen LogP contribution in [0.4, 0.5) is 4.39 Å². The van der Waals surface area contributed by atoms with Gasteiger partial charge in [0, 0.05) is 20.6 Å². The van der Waals surface area contributed by atoms with Gasteiger partial charge in [-0.1, -0.05) is 12.1 Å². The lowest BCUT2D eigenvalue weighted by Gasteiger charge is -2.19. The summed E-state index contributed by atoms with van der Waals surface area (Å²) in [5.41, 5.74) is 6.49. The van der Waals surface area contributed by atoms with Crippen LogP contribution in [0.15, 0.2) is 24.3 Å². The predicted molar refractivity (Wildman–Crippen MR) is 61.3 cm³/mol. The number of benzene rings is 1. The highest BCUT2D eigenvalue weighted by molar-refractivity contribution is 5.78. The lowest BCUT2D eigenvalue weighted by atomic mass is 9.98. The van der Waals surface area contributed by atoms with Crippen molar-refractivity contribution in [3.05, 3.63) is 35.6 Å². The number of carbonyl (C=O) groups is 1. The Balaban J connectivity index is 2.70. The van der Waals surface area contributed by atoms with Crippen LogP contribution in [-0.2, 0) is 11.2 Å². The van der Waals surface area contributed by atoms with Gasteiger partial charge in [-0.2, -0.15) is 0 Å². The van der Waals surface area contributed by atoms with Crippen molar-refractivity contribution in [2.45, 2.75) is 6.42 Å². The SMILES string of the molecule is CN(C)C(=O)[C@H](CN)Cc1ccc(F)cc1. The van der Waals surface area contributed by atoms with Gasteiger partial charge < -0.3 is 10.6 Å². The molecule has 1 aromatic rings. The van der Waals surface area contributed by atoms with Gasteiger partial charge in [0.25, 0.3) is 0 Å². The summed E-state index contributed by atoms with van der Waals surface area (Å²) in [7, 11) is 3.41. The smallest absolute Gasteiger partial charge is 0.226 e. The first kappa shape index (κ1) is 12.6. The second kappa shape index (κ2) is 5.61. The zero-order valence-corrected chi connectivity index (χ0v) is 9.61. The Morgan fingerprint density at radius 2 is 1.94 bits per heavy atom. The van der Waals surface area contributed by atoms with E-state index in [2.05, 4.69) is 0 Å². The van der Waals surface area contributed by atoms with E-state index in [0.717, 1.165) is 5.56 Å². The molecule has 0 spiro atoms. The van der Waals surface area contributed by atoms with Gasteiger partial charge in [0.05, 0.1) is 5.92 Å². The molecule has 3 nitrogen and oxygen atoms in total. The lowest BCUT2D eigenvalue weighted by molar-refractivity contribution is -0.132. The third-order valence-electron chi connectivity index (χ3n) is 2.47. The molecule has 0 aromatic heterocycles. The molecule has 88 valence electrons. The van der Waals surface area contributed by atoms with Gasteiger partial charge in [-0.3, -0.25) is 4.79 Å². The number of amides is 1. The Kier molecular flexibility index (Phi) is 4.43. The minimum absolute atomic E-state index is 0.00632. The van der Waals surface area contributed by atoms with Crippen molar-refractivity contribution in [1.82, 2.24) is 4.90 Å². The minimum atomic E-state index is -0.271. The Bertz CT molecular complexity index is 349. The Hall–Kier alpha value is -1.42. The maximum absolute atomic E-state index is 12.7. The highest BCUT2D eigenvalue weighted by atomic mass is 19.1. The molecule has 0 fully saturated rings. The molecule has 0 aliphatic carbocycles. The molecule has 1 amide bonds. The van der Waals surface area contributed by atoms with E-state index in [0.29, 0.717) is 13.0 Å². The molecular weight excluding hydrogens is 207 g/mol. The van der Waals surface area contributed by atoms with Gasteiger partial charge in [-0.05, 0) is 24.1 Å². The monoisotopic (exact) mass is 224 g/mol. The standard InChI is InChI=1S/C12H17FN2O/c1-15(2)12(16)10(8-14)7-9-3-5-11(13)6-4-9/h3-6,10H,7-8,14H2,1-2H3/t10-/m0/s1. The van der Waals surface area contributed by atoms with Crippen molar-refractivity contribution in [3.8, 4) is 0 Å². The Morgan fingerprint density at radius 1 is 1.38 bits per heavy atom. The van der Waals surface area contributed by atoms with Gasteiger partial charge in [0.15, 0.2) is 0 Å². The van der Waals surface area contributed by atoms with Crippen LogP contribution in [0, 0.1) is 11.7 Å². The van der Waals surface area contributed by atoms with E-state index in [1.165, 1.54) is 17.0 Å². The van der Waals surface area contributed by atoms with E-state index in [-0.39, 0.29) is 17.6 Å². The van der Waals surface area contributed by atoms with E-state index in [1.54, 1.807) is 26.2 Å². The van der Waals surface area contributed by atoms with E-state index < -0.39 is 0 Å². The molecule has 4 heteroatoms. The average Bonchev–Trinajstić information content (AvgIpc) is 2.27. The minimum Gasteiger partial charge on any atom is -0.349 e. The van der Waals surface area contributed by atoms with Crippen LogP contribution in [0.25, 0.3) is 0 Å². The summed E-state index contributed by atoms with van der Waals surface area (Å²) < 4.78 is 12.7. The molecule has 1 aromatic carbocycles. The molecule has 0 saturated carbocycles. The average molecular weight is 224 g/mol. The van der Waals surface area contributed by atoms with Gasteiger partial charge in [0.2, 0.25) is 5.91 Å². The topological polar surface area (TPSA) is 46.3 Å². The maximum atomic E-state index is 12.7. The summed E-state index contributed by atoms with van der Waals surface area (Å²) in [4.78, 5) is 13.2. The fourth-order valence-corrected chi connectivity index (χ4v) is 1.54. The number of hydrogen-bond donors (Lipinski definition) is 1. The first-order valence-corrected chi connectivity index (χ1v) is 5.20. The molecule has 0 saturated heterocycles. The summed E-state index contributed by atoms with van der Waals surface area (Å²) in [6.45, 7) is 0.300. The quantitative estimate of drug-likeness (QED) is 0.830. The second-order valence-electron chi connectivity index (χ2n) is 4.00. The molecule has 16 heavy (non-hydrogen) atoms. The van der Waals surface area contributed by atoms with Crippen LogP contribution < -0.4 is 5.73 Å². The molecule has 0 radical (unpaired) electrons. The molecule has 1 rings (SSSR count).